The van der Waals surface area contributed by atoms with Crippen molar-refractivity contribution in [3.8, 4) is 0 Å². The molecule has 0 unspecified atom stereocenters. The van der Waals surface area contributed by atoms with E-state index in [1.54, 1.807) is 0 Å². The normalized spacial score (nSPS) is 18.8. The largest absolute Gasteiger partial charge is 0.460 e. The maximum atomic E-state index is 14.9. The van der Waals surface area contributed by atoms with Gasteiger partial charge in [-0.3, -0.25) is 28.8 Å². The molecular formula is C108H202O17. The Bertz CT molecular complexity index is 2430. The van der Waals surface area contributed by atoms with Gasteiger partial charge in [0.1, 0.15) is 18.8 Å². The quantitative estimate of drug-likeness (QED) is 0.0328. The van der Waals surface area contributed by atoms with Crippen LogP contribution in [0.4, 0.5) is 0 Å². The van der Waals surface area contributed by atoms with Gasteiger partial charge in [0.2, 0.25) is 12.1 Å². The third kappa shape index (κ3) is 65.8. The van der Waals surface area contributed by atoms with Crippen molar-refractivity contribution in [2.75, 3.05) is 19.8 Å². The molecule has 2 heterocycles. The number of hydrogen-bond donors (Lipinski definition) is 2. The molecule has 2 aliphatic rings. The van der Waals surface area contributed by atoms with Crippen molar-refractivity contribution in [2.45, 2.75) is 636 Å². The van der Waals surface area contributed by atoms with Crippen molar-refractivity contribution in [3.05, 3.63) is 0 Å². The average molecular weight is 1770 g/mol. The number of hydrogen-bond acceptors (Lipinski definition) is 17. The van der Waals surface area contributed by atoms with E-state index in [0.717, 1.165) is 154 Å². The number of ether oxygens (including phenoxy) is 9. The molecule has 17 heteroatoms. The summed E-state index contributed by atoms with van der Waals surface area (Å²) in [7, 11) is 0. The summed E-state index contributed by atoms with van der Waals surface area (Å²) in [5.41, 5.74) is 0. The van der Waals surface area contributed by atoms with E-state index in [9.17, 15) is 39.0 Å². The van der Waals surface area contributed by atoms with Crippen LogP contribution in [0.15, 0.2) is 0 Å². The predicted octanol–water partition coefficient (Wildman–Crippen LogP) is 30.8. The van der Waals surface area contributed by atoms with E-state index in [0.29, 0.717) is 38.5 Å². The van der Waals surface area contributed by atoms with Crippen LogP contribution in [0, 0.1) is 0 Å². The van der Waals surface area contributed by atoms with Crippen LogP contribution < -0.4 is 0 Å². The van der Waals surface area contributed by atoms with Gasteiger partial charge in [0.15, 0.2) is 30.5 Å². The van der Waals surface area contributed by atoms with Gasteiger partial charge in [0, 0.05) is 38.5 Å². The number of unbranched alkanes of at least 4 members (excludes halogenated alkanes) is 72. The smallest absolute Gasteiger partial charge is 0.306 e. The lowest BCUT2D eigenvalue weighted by molar-refractivity contribution is -0.384. The SMILES string of the molecule is CCCCCCCCCCCCCCCC(=O)OC[C@@]1(O[C@H]2O[C@H](CO)[C@@H](OC(=O)CCCCCCCCCCCCCCC)[C@H](OC(=O)CCCCCCCCCCCCCCC)[C@H]2OC(=O)CCCCCCCCCCCCCCC)O[C@H](CO)[C@@H](OC(=O)CCCCCCCCCCCCCCC)[C@@H]1OC(=O)CCCCCCCCCCCCCCC. The first-order valence-corrected chi connectivity index (χ1v) is 54.7. The molecule has 0 aromatic carbocycles. The molecule has 0 aromatic heterocycles. The second-order valence-corrected chi connectivity index (χ2v) is 38.3. The molecule has 0 saturated carbocycles. The van der Waals surface area contributed by atoms with Crippen molar-refractivity contribution in [3.63, 3.8) is 0 Å². The third-order valence-corrected chi connectivity index (χ3v) is 26.4. The van der Waals surface area contributed by atoms with Crippen molar-refractivity contribution in [1.29, 1.82) is 0 Å². The molecule has 736 valence electrons. The first-order valence-electron chi connectivity index (χ1n) is 54.7. The van der Waals surface area contributed by atoms with Crippen LogP contribution in [0.5, 0.6) is 0 Å². The highest BCUT2D eigenvalue weighted by atomic mass is 16.8. The molecule has 17 nitrogen and oxygen atoms in total. The minimum atomic E-state index is -2.48. The number of aliphatic hydroxyl groups excluding tert-OH is 2. The topological polar surface area (TPSA) is 226 Å². The number of carbonyl (C=O) groups is 6. The van der Waals surface area contributed by atoms with Crippen LogP contribution >= 0.6 is 0 Å². The molecular weight excluding hydrogens is 1570 g/mol. The van der Waals surface area contributed by atoms with E-state index in [1.807, 2.05) is 0 Å². The van der Waals surface area contributed by atoms with Gasteiger partial charge in [-0.2, -0.15) is 0 Å². The summed E-state index contributed by atoms with van der Waals surface area (Å²) >= 11 is 0. The number of esters is 6. The Morgan fingerprint density at radius 3 is 0.648 bits per heavy atom. The number of rotatable bonds is 95. The summed E-state index contributed by atoms with van der Waals surface area (Å²) < 4.78 is 59.8. The van der Waals surface area contributed by atoms with E-state index in [1.165, 1.54) is 308 Å². The zero-order valence-electron chi connectivity index (χ0n) is 82.7. The fourth-order valence-electron chi connectivity index (χ4n) is 18.3. The van der Waals surface area contributed by atoms with Crippen LogP contribution in [0.1, 0.15) is 581 Å². The van der Waals surface area contributed by atoms with Crippen LogP contribution in [0.3, 0.4) is 0 Å². The van der Waals surface area contributed by atoms with Gasteiger partial charge in [0.25, 0.3) is 0 Å². The summed E-state index contributed by atoms with van der Waals surface area (Å²) in [6.07, 6.45) is 74.0. The Morgan fingerprint density at radius 2 is 0.416 bits per heavy atom. The number of aliphatic hydroxyl groups is 2. The zero-order chi connectivity index (χ0) is 90.5. The lowest BCUT2D eigenvalue weighted by Crippen LogP contribution is -2.65. The highest BCUT2D eigenvalue weighted by Crippen LogP contribution is 2.43. The van der Waals surface area contributed by atoms with Crippen LogP contribution in [-0.4, -0.2) is 121 Å². The third-order valence-electron chi connectivity index (χ3n) is 26.4. The van der Waals surface area contributed by atoms with Crippen molar-refractivity contribution in [1.82, 2.24) is 0 Å². The lowest BCUT2D eigenvalue weighted by Gasteiger charge is -2.46. The maximum absolute atomic E-state index is 14.9. The molecule has 2 saturated heterocycles. The predicted molar refractivity (Wildman–Crippen MR) is 514 cm³/mol. The standard InChI is InChI=1S/C108H202O17/c1-7-13-19-25-31-37-43-49-55-61-67-73-79-85-96(111)117-93-108(106(123-101(116)90-84-78-72-66-60-54-48-42-36-30-24-18-12-6)103(95(92-110)124-108)120-98(113)87-81-75-69-63-57-51-45-39-33-27-21-15-9-3)125-107-105(122-100(115)89-83-77-71-65-59-53-47-41-35-29-23-17-11-5)104(121-99(114)88-82-76-70-64-58-52-46-40-34-28-22-16-10-4)102(94(91-109)118-107)119-97(112)86-80-74-68-62-56-50-44-38-32-26-20-14-8-2/h94-95,102-107,109-110H,7-93H2,1-6H3/t94-,95-,102-,103-,104+,105-,106+,107-,108+/m1/s1. The Morgan fingerprint density at radius 1 is 0.224 bits per heavy atom. The van der Waals surface area contributed by atoms with E-state index < -0.39 is 110 Å². The fraction of sp³-hybridized carbons (Fsp3) is 0.944. The van der Waals surface area contributed by atoms with Gasteiger partial charge in [0.05, 0.1) is 13.2 Å². The van der Waals surface area contributed by atoms with Gasteiger partial charge >= 0.3 is 35.8 Å². The molecule has 0 amide bonds. The summed E-state index contributed by atoms with van der Waals surface area (Å²) in [4.78, 5) is 88.0. The van der Waals surface area contributed by atoms with E-state index >= 15 is 0 Å². The molecule has 2 rings (SSSR count). The van der Waals surface area contributed by atoms with Crippen LogP contribution in [0.25, 0.3) is 0 Å². The molecule has 2 fully saturated rings. The van der Waals surface area contributed by atoms with E-state index in [-0.39, 0.29) is 38.5 Å². The van der Waals surface area contributed by atoms with Gasteiger partial charge in [-0.25, -0.2) is 0 Å². The van der Waals surface area contributed by atoms with Crippen molar-refractivity contribution >= 4 is 35.8 Å². The molecule has 0 aromatic rings. The Balaban J connectivity index is 2.78. The molecule has 2 N–H and O–H groups in total. The molecule has 9 atom stereocenters. The first kappa shape index (κ1) is 118. The summed E-state index contributed by atoms with van der Waals surface area (Å²) in [5, 5.41) is 23.2. The van der Waals surface area contributed by atoms with Crippen molar-refractivity contribution in [2.24, 2.45) is 0 Å². The van der Waals surface area contributed by atoms with Gasteiger partial charge < -0.3 is 52.8 Å². The Hall–Kier alpha value is -3.38. The number of carbonyl (C=O) groups excluding carboxylic acids is 6. The summed E-state index contributed by atoms with van der Waals surface area (Å²) in [6.45, 7) is 11.1. The van der Waals surface area contributed by atoms with Crippen molar-refractivity contribution < 1.29 is 81.6 Å². The molecule has 125 heavy (non-hydrogen) atoms. The maximum Gasteiger partial charge on any atom is 0.306 e. The zero-order valence-corrected chi connectivity index (χ0v) is 82.7. The highest BCUT2D eigenvalue weighted by molar-refractivity contribution is 5.73. The Labute approximate surface area is 768 Å². The van der Waals surface area contributed by atoms with E-state index in [2.05, 4.69) is 41.5 Å². The molecule has 0 bridgehead atoms. The average Bonchev–Trinajstić information content (AvgIpc) is 1.59. The highest BCUT2D eigenvalue weighted by Gasteiger charge is 2.65. The molecule has 0 radical (unpaired) electrons. The van der Waals surface area contributed by atoms with Gasteiger partial charge in [-0.05, 0) is 38.5 Å². The van der Waals surface area contributed by atoms with Crippen LogP contribution in [-0.2, 0) is 71.4 Å². The monoisotopic (exact) mass is 1770 g/mol. The van der Waals surface area contributed by atoms with E-state index in [4.69, 9.17) is 42.6 Å². The fourth-order valence-corrected chi connectivity index (χ4v) is 18.3. The molecule has 2 aliphatic heterocycles. The second-order valence-electron chi connectivity index (χ2n) is 38.3. The lowest BCUT2D eigenvalue weighted by atomic mass is 9.97. The molecule has 0 spiro atoms. The van der Waals surface area contributed by atoms with Gasteiger partial charge in [-0.15, -0.1) is 0 Å². The Kier molecular flexibility index (Phi) is 82.2. The van der Waals surface area contributed by atoms with Gasteiger partial charge in [-0.1, -0.05) is 504 Å². The summed E-state index contributed by atoms with van der Waals surface area (Å²) in [6, 6.07) is 0. The second kappa shape index (κ2) is 87.3. The van der Waals surface area contributed by atoms with Crippen LogP contribution in [0.2, 0.25) is 0 Å². The first-order chi connectivity index (χ1) is 61.4. The minimum Gasteiger partial charge on any atom is -0.460 e. The minimum absolute atomic E-state index is 0.00620. The molecule has 0 aliphatic carbocycles. The summed E-state index contributed by atoms with van der Waals surface area (Å²) in [5.74, 6) is -6.28.